The maximum atomic E-state index is 12.3. The molecule has 6 nitrogen and oxygen atoms in total. The van der Waals surface area contributed by atoms with Crippen LogP contribution >= 0.6 is 0 Å². The number of hydrogen-bond donors (Lipinski definition) is 3. The van der Waals surface area contributed by atoms with E-state index in [0.717, 1.165) is 5.69 Å². The molecule has 1 atom stereocenters. The van der Waals surface area contributed by atoms with Crippen molar-refractivity contribution in [3.63, 3.8) is 0 Å². The molecule has 6 heteroatoms. The van der Waals surface area contributed by atoms with Gasteiger partial charge in [-0.2, -0.15) is 0 Å². The second-order valence-corrected chi connectivity index (χ2v) is 5.31. The zero-order valence-corrected chi connectivity index (χ0v) is 13.9. The van der Waals surface area contributed by atoms with E-state index < -0.39 is 6.04 Å². The van der Waals surface area contributed by atoms with Crippen molar-refractivity contribution in [2.24, 2.45) is 0 Å². The summed E-state index contributed by atoms with van der Waals surface area (Å²) in [6, 6.07) is 13.9. The molecule has 2 rings (SSSR count). The van der Waals surface area contributed by atoms with E-state index in [0.29, 0.717) is 17.1 Å². The van der Waals surface area contributed by atoms with Crippen LogP contribution in [0.4, 0.5) is 17.1 Å². The Balaban J connectivity index is 1.97. The number of amides is 2. The lowest BCUT2D eigenvalue weighted by Gasteiger charge is -2.17. The fourth-order valence-electron chi connectivity index (χ4n) is 2.15. The van der Waals surface area contributed by atoms with Gasteiger partial charge in [0.2, 0.25) is 11.8 Å². The van der Waals surface area contributed by atoms with Gasteiger partial charge in [0.05, 0.1) is 12.8 Å². The Morgan fingerprint density at radius 1 is 0.958 bits per heavy atom. The molecule has 0 radical (unpaired) electrons. The van der Waals surface area contributed by atoms with E-state index in [1.807, 2.05) is 24.3 Å². The lowest BCUT2D eigenvalue weighted by atomic mass is 10.2. The number of nitrogens with one attached hydrogen (secondary N) is 3. The Morgan fingerprint density at radius 2 is 1.54 bits per heavy atom. The first-order chi connectivity index (χ1) is 11.5. The molecule has 0 saturated carbocycles. The second-order valence-electron chi connectivity index (χ2n) is 5.31. The highest BCUT2D eigenvalue weighted by molar-refractivity contribution is 5.97. The molecule has 0 aliphatic heterocycles. The fourth-order valence-corrected chi connectivity index (χ4v) is 2.15. The van der Waals surface area contributed by atoms with Crippen molar-refractivity contribution < 1.29 is 14.3 Å². The first kappa shape index (κ1) is 17.3. The number of ether oxygens (including phenoxy) is 1. The van der Waals surface area contributed by atoms with Crippen LogP contribution in [0.1, 0.15) is 13.8 Å². The van der Waals surface area contributed by atoms with Crippen LogP contribution < -0.4 is 20.7 Å². The van der Waals surface area contributed by atoms with Gasteiger partial charge in [-0.3, -0.25) is 9.59 Å². The SMILES string of the molecule is COc1ccccc1NC(C)C(=O)Nc1ccc(NC(C)=O)cc1. The summed E-state index contributed by atoms with van der Waals surface area (Å²) < 4.78 is 5.26. The number of para-hydroxylation sites is 2. The summed E-state index contributed by atoms with van der Waals surface area (Å²) >= 11 is 0. The molecule has 2 aromatic rings. The zero-order valence-electron chi connectivity index (χ0n) is 13.9. The van der Waals surface area contributed by atoms with Crippen LogP contribution in [-0.2, 0) is 9.59 Å². The third-order valence-electron chi connectivity index (χ3n) is 3.35. The van der Waals surface area contributed by atoms with Crippen molar-refractivity contribution in [3.05, 3.63) is 48.5 Å². The number of carbonyl (C=O) groups excluding carboxylic acids is 2. The summed E-state index contributed by atoms with van der Waals surface area (Å²) in [5.74, 6) is 0.367. The Labute approximate surface area is 141 Å². The molecule has 0 aromatic heterocycles. The number of anilines is 3. The maximum absolute atomic E-state index is 12.3. The molecule has 126 valence electrons. The van der Waals surface area contributed by atoms with Crippen molar-refractivity contribution >= 4 is 28.9 Å². The van der Waals surface area contributed by atoms with E-state index in [1.54, 1.807) is 38.3 Å². The van der Waals surface area contributed by atoms with Gasteiger partial charge in [0.1, 0.15) is 11.8 Å². The standard InChI is InChI=1S/C18H21N3O3/c1-12(19-16-6-4-5-7-17(16)24-3)18(23)21-15-10-8-14(9-11-15)20-13(2)22/h4-12,19H,1-3H3,(H,20,22)(H,21,23). The van der Waals surface area contributed by atoms with E-state index >= 15 is 0 Å². The summed E-state index contributed by atoms with van der Waals surface area (Å²) in [5, 5.41) is 8.63. The van der Waals surface area contributed by atoms with E-state index in [2.05, 4.69) is 16.0 Å². The molecule has 1 unspecified atom stereocenters. The molecular weight excluding hydrogens is 306 g/mol. The summed E-state index contributed by atoms with van der Waals surface area (Å²) in [6.45, 7) is 3.22. The highest BCUT2D eigenvalue weighted by Gasteiger charge is 2.14. The molecule has 0 fully saturated rings. The van der Waals surface area contributed by atoms with Crippen molar-refractivity contribution in [2.45, 2.75) is 19.9 Å². The molecule has 2 amide bonds. The molecule has 0 bridgehead atoms. The predicted molar refractivity (Wildman–Crippen MR) is 95.5 cm³/mol. The first-order valence-electron chi connectivity index (χ1n) is 7.57. The minimum Gasteiger partial charge on any atom is -0.495 e. The van der Waals surface area contributed by atoms with Crippen molar-refractivity contribution in [2.75, 3.05) is 23.1 Å². The fraction of sp³-hybridized carbons (Fsp3) is 0.222. The minimum atomic E-state index is -0.448. The van der Waals surface area contributed by atoms with Gasteiger partial charge in [-0.05, 0) is 43.3 Å². The van der Waals surface area contributed by atoms with E-state index in [4.69, 9.17) is 4.74 Å². The molecule has 2 aromatic carbocycles. The molecule has 0 spiro atoms. The summed E-state index contributed by atoms with van der Waals surface area (Å²) in [7, 11) is 1.59. The number of carbonyl (C=O) groups is 2. The maximum Gasteiger partial charge on any atom is 0.246 e. The Morgan fingerprint density at radius 3 is 2.12 bits per heavy atom. The van der Waals surface area contributed by atoms with Crippen LogP contribution in [0.25, 0.3) is 0 Å². The van der Waals surface area contributed by atoms with Gasteiger partial charge in [0.25, 0.3) is 0 Å². The van der Waals surface area contributed by atoms with Gasteiger partial charge in [-0.1, -0.05) is 12.1 Å². The number of benzene rings is 2. The van der Waals surface area contributed by atoms with E-state index in [-0.39, 0.29) is 11.8 Å². The van der Waals surface area contributed by atoms with Crippen LogP contribution in [0, 0.1) is 0 Å². The van der Waals surface area contributed by atoms with E-state index in [1.165, 1.54) is 6.92 Å². The van der Waals surface area contributed by atoms with Crippen molar-refractivity contribution in [1.29, 1.82) is 0 Å². The predicted octanol–water partition coefficient (Wildman–Crippen LogP) is 3.09. The average Bonchev–Trinajstić information content (AvgIpc) is 2.56. The smallest absolute Gasteiger partial charge is 0.246 e. The average molecular weight is 327 g/mol. The van der Waals surface area contributed by atoms with Crippen LogP contribution in [0.15, 0.2) is 48.5 Å². The number of hydrogen-bond acceptors (Lipinski definition) is 4. The molecule has 0 saturated heterocycles. The lowest BCUT2D eigenvalue weighted by molar-refractivity contribution is -0.116. The summed E-state index contributed by atoms with van der Waals surface area (Å²) in [6.07, 6.45) is 0. The van der Waals surface area contributed by atoms with E-state index in [9.17, 15) is 9.59 Å². The normalized spacial score (nSPS) is 11.3. The van der Waals surface area contributed by atoms with Gasteiger partial charge in [-0.15, -0.1) is 0 Å². The minimum absolute atomic E-state index is 0.138. The largest absolute Gasteiger partial charge is 0.495 e. The van der Waals surface area contributed by atoms with Crippen LogP contribution in [0.3, 0.4) is 0 Å². The summed E-state index contributed by atoms with van der Waals surface area (Å²) in [4.78, 5) is 23.3. The van der Waals surface area contributed by atoms with Gasteiger partial charge < -0.3 is 20.7 Å². The zero-order chi connectivity index (χ0) is 17.5. The Hall–Kier alpha value is -3.02. The van der Waals surface area contributed by atoms with Crippen LogP contribution in [0.2, 0.25) is 0 Å². The monoisotopic (exact) mass is 327 g/mol. The van der Waals surface area contributed by atoms with Gasteiger partial charge in [0.15, 0.2) is 0 Å². The van der Waals surface area contributed by atoms with Crippen LogP contribution in [-0.4, -0.2) is 25.0 Å². The number of methoxy groups -OCH3 is 1. The summed E-state index contributed by atoms with van der Waals surface area (Å²) in [5.41, 5.74) is 2.09. The molecule has 0 aliphatic rings. The third kappa shape index (κ3) is 4.74. The highest BCUT2D eigenvalue weighted by Crippen LogP contribution is 2.24. The lowest BCUT2D eigenvalue weighted by Crippen LogP contribution is -2.32. The Bertz CT molecular complexity index is 714. The van der Waals surface area contributed by atoms with Crippen LogP contribution in [0.5, 0.6) is 5.75 Å². The molecule has 0 aliphatic carbocycles. The van der Waals surface area contributed by atoms with Crippen molar-refractivity contribution in [3.8, 4) is 5.75 Å². The van der Waals surface area contributed by atoms with Gasteiger partial charge >= 0.3 is 0 Å². The first-order valence-corrected chi connectivity index (χ1v) is 7.57. The molecule has 24 heavy (non-hydrogen) atoms. The third-order valence-corrected chi connectivity index (χ3v) is 3.35. The van der Waals surface area contributed by atoms with Crippen molar-refractivity contribution in [1.82, 2.24) is 0 Å². The van der Waals surface area contributed by atoms with Gasteiger partial charge in [-0.25, -0.2) is 0 Å². The topological polar surface area (TPSA) is 79.5 Å². The number of rotatable bonds is 6. The Kier molecular flexibility index (Phi) is 5.78. The molecule has 0 heterocycles. The quantitative estimate of drug-likeness (QED) is 0.762. The molecule has 3 N–H and O–H groups in total. The molecular formula is C18H21N3O3. The van der Waals surface area contributed by atoms with Gasteiger partial charge in [0, 0.05) is 18.3 Å². The highest BCUT2D eigenvalue weighted by atomic mass is 16.5. The second kappa shape index (κ2) is 8.01.